The van der Waals surface area contributed by atoms with Crippen molar-refractivity contribution in [1.29, 1.82) is 0 Å². The quantitative estimate of drug-likeness (QED) is 0.674. The minimum absolute atomic E-state index is 0.0701. The fourth-order valence-electron chi connectivity index (χ4n) is 3.74. The summed E-state index contributed by atoms with van der Waals surface area (Å²) in [6.07, 6.45) is 2.79. The number of amides is 1. The lowest BCUT2D eigenvalue weighted by atomic mass is 10.1. The second-order valence-electron chi connectivity index (χ2n) is 7.17. The highest BCUT2D eigenvalue weighted by Gasteiger charge is 2.35. The van der Waals surface area contributed by atoms with Gasteiger partial charge in [-0.15, -0.1) is 0 Å². The Kier molecular flexibility index (Phi) is 4.77. The first-order chi connectivity index (χ1) is 13.9. The van der Waals surface area contributed by atoms with Crippen LogP contribution in [0.15, 0.2) is 45.8 Å². The number of hydrogen-bond acceptors (Lipinski definition) is 4. The Morgan fingerprint density at radius 2 is 2.00 bits per heavy atom. The molecule has 8 heteroatoms. The number of hydrogen-bond donors (Lipinski definition) is 0. The van der Waals surface area contributed by atoms with Crippen LogP contribution in [0.4, 0.5) is 8.78 Å². The van der Waals surface area contributed by atoms with E-state index in [1.807, 2.05) is 0 Å². The SMILES string of the molecule is Cc1cc(C2CCCN2C(=O)c2c(C)ccn(-c3cc(F)ccc3F)c2=O)on1. The van der Waals surface area contributed by atoms with Gasteiger partial charge in [-0.25, -0.2) is 8.78 Å². The van der Waals surface area contributed by atoms with Crippen molar-refractivity contribution in [2.45, 2.75) is 32.7 Å². The Morgan fingerprint density at radius 3 is 2.72 bits per heavy atom. The molecule has 0 N–H and O–H groups in total. The molecule has 1 aliphatic rings. The van der Waals surface area contributed by atoms with Crippen LogP contribution in [0, 0.1) is 25.5 Å². The molecule has 1 fully saturated rings. The van der Waals surface area contributed by atoms with Crippen LogP contribution in [-0.4, -0.2) is 27.1 Å². The molecule has 1 aliphatic heterocycles. The van der Waals surface area contributed by atoms with Crippen molar-refractivity contribution >= 4 is 5.91 Å². The van der Waals surface area contributed by atoms with Gasteiger partial charge >= 0.3 is 0 Å². The summed E-state index contributed by atoms with van der Waals surface area (Å²) >= 11 is 0. The molecule has 4 rings (SSSR count). The minimum Gasteiger partial charge on any atom is -0.359 e. The third-order valence-corrected chi connectivity index (χ3v) is 5.17. The van der Waals surface area contributed by atoms with Crippen LogP contribution < -0.4 is 5.56 Å². The summed E-state index contributed by atoms with van der Waals surface area (Å²) in [6, 6.07) is 5.84. The maximum atomic E-state index is 14.2. The second-order valence-corrected chi connectivity index (χ2v) is 7.17. The highest BCUT2D eigenvalue weighted by atomic mass is 19.1. The van der Waals surface area contributed by atoms with Gasteiger partial charge in [-0.3, -0.25) is 14.2 Å². The van der Waals surface area contributed by atoms with E-state index in [2.05, 4.69) is 5.16 Å². The zero-order valence-corrected chi connectivity index (χ0v) is 16.0. The molecule has 1 atom stereocenters. The van der Waals surface area contributed by atoms with E-state index in [4.69, 9.17) is 4.52 Å². The van der Waals surface area contributed by atoms with E-state index in [0.29, 0.717) is 30.0 Å². The topological polar surface area (TPSA) is 68.3 Å². The molecule has 2 aromatic heterocycles. The first kappa shape index (κ1) is 19.0. The predicted molar refractivity (Wildman–Crippen MR) is 101 cm³/mol. The van der Waals surface area contributed by atoms with Crippen LogP contribution in [0.25, 0.3) is 5.69 Å². The van der Waals surface area contributed by atoms with Crippen molar-refractivity contribution in [3.8, 4) is 5.69 Å². The normalized spacial score (nSPS) is 16.4. The Balaban J connectivity index is 1.78. The van der Waals surface area contributed by atoms with E-state index in [9.17, 15) is 18.4 Å². The third-order valence-electron chi connectivity index (χ3n) is 5.17. The number of carbonyl (C=O) groups is 1. The van der Waals surface area contributed by atoms with Crippen molar-refractivity contribution in [1.82, 2.24) is 14.6 Å². The third kappa shape index (κ3) is 3.35. The Labute approximate surface area is 165 Å². The molecule has 1 aromatic carbocycles. The molecule has 0 spiro atoms. The van der Waals surface area contributed by atoms with E-state index < -0.39 is 23.1 Å². The van der Waals surface area contributed by atoms with E-state index in [-0.39, 0.29) is 17.3 Å². The molecule has 150 valence electrons. The summed E-state index contributed by atoms with van der Waals surface area (Å²) in [6.45, 7) is 3.90. The molecule has 3 heterocycles. The molecule has 1 unspecified atom stereocenters. The average Bonchev–Trinajstić information content (AvgIpc) is 3.33. The molecule has 3 aromatic rings. The largest absolute Gasteiger partial charge is 0.359 e. The van der Waals surface area contributed by atoms with Gasteiger partial charge in [0.25, 0.3) is 11.5 Å². The number of rotatable bonds is 3. The summed E-state index contributed by atoms with van der Waals surface area (Å²) in [5, 5.41) is 3.88. The number of halogens is 2. The van der Waals surface area contributed by atoms with E-state index in [0.717, 1.165) is 29.2 Å². The van der Waals surface area contributed by atoms with Gasteiger partial charge in [-0.2, -0.15) is 0 Å². The summed E-state index contributed by atoms with van der Waals surface area (Å²) in [5.74, 6) is -1.33. The minimum atomic E-state index is -0.757. The smallest absolute Gasteiger partial charge is 0.268 e. The van der Waals surface area contributed by atoms with Gasteiger partial charge in [0, 0.05) is 24.9 Å². The summed E-state index contributed by atoms with van der Waals surface area (Å²) < 4.78 is 34.1. The Morgan fingerprint density at radius 1 is 1.21 bits per heavy atom. The van der Waals surface area contributed by atoms with Gasteiger partial charge in [0.15, 0.2) is 5.76 Å². The first-order valence-electron chi connectivity index (χ1n) is 9.28. The molecular weight excluding hydrogens is 380 g/mol. The average molecular weight is 399 g/mol. The number of likely N-dealkylation sites (tertiary alicyclic amines) is 1. The molecule has 29 heavy (non-hydrogen) atoms. The lowest BCUT2D eigenvalue weighted by Gasteiger charge is -2.23. The number of pyridine rings is 1. The van der Waals surface area contributed by atoms with Gasteiger partial charge in [-0.05, 0) is 50.5 Å². The van der Waals surface area contributed by atoms with Gasteiger partial charge in [0.2, 0.25) is 0 Å². The molecule has 0 aliphatic carbocycles. The summed E-state index contributed by atoms with van der Waals surface area (Å²) in [5.41, 5.74) is 0.165. The fourth-order valence-corrected chi connectivity index (χ4v) is 3.74. The van der Waals surface area contributed by atoms with Crippen molar-refractivity contribution in [3.05, 3.63) is 81.1 Å². The lowest BCUT2D eigenvalue weighted by molar-refractivity contribution is 0.0711. The maximum Gasteiger partial charge on any atom is 0.268 e. The lowest BCUT2D eigenvalue weighted by Crippen LogP contribution is -2.37. The van der Waals surface area contributed by atoms with Crippen LogP contribution in [-0.2, 0) is 0 Å². The van der Waals surface area contributed by atoms with Crippen molar-refractivity contribution < 1.29 is 18.1 Å². The van der Waals surface area contributed by atoms with Gasteiger partial charge in [0.05, 0.1) is 17.4 Å². The zero-order valence-electron chi connectivity index (χ0n) is 16.0. The maximum absolute atomic E-state index is 14.2. The van der Waals surface area contributed by atoms with E-state index in [1.54, 1.807) is 30.9 Å². The first-order valence-corrected chi connectivity index (χ1v) is 9.28. The molecule has 1 amide bonds. The summed E-state index contributed by atoms with van der Waals surface area (Å²) in [7, 11) is 0. The predicted octanol–water partition coefficient (Wildman–Crippen LogP) is 3.70. The van der Waals surface area contributed by atoms with Crippen molar-refractivity contribution in [2.24, 2.45) is 0 Å². The highest BCUT2D eigenvalue weighted by molar-refractivity contribution is 5.95. The molecular formula is C21H19F2N3O3. The van der Waals surface area contributed by atoms with Crippen LogP contribution >= 0.6 is 0 Å². The van der Waals surface area contributed by atoms with Gasteiger partial charge in [-0.1, -0.05) is 5.16 Å². The van der Waals surface area contributed by atoms with Crippen LogP contribution in [0.1, 0.15) is 46.3 Å². The van der Waals surface area contributed by atoms with Crippen molar-refractivity contribution in [2.75, 3.05) is 6.54 Å². The highest BCUT2D eigenvalue weighted by Crippen LogP contribution is 2.33. The Hall–Kier alpha value is -3.29. The van der Waals surface area contributed by atoms with Crippen molar-refractivity contribution in [3.63, 3.8) is 0 Å². The number of aryl methyl sites for hydroxylation is 2. The second kappa shape index (κ2) is 7.27. The van der Waals surface area contributed by atoms with E-state index in [1.165, 1.54) is 6.20 Å². The fraction of sp³-hybridized carbons (Fsp3) is 0.286. The van der Waals surface area contributed by atoms with Gasteiger partial charge in [0.1, 0.15) is 17.2 Å². The van der Waals surface area contributed by atoms with E-state index >= 15 is 0 Å². The summed E-state index contributed by atoms with van der Waals surface area (Å²) in [4.78, 5) is 28.0. The molecule has 0 bridgehead atoms. The monoisotopic (exact) mass is 399 g/mol. The number of carbonyl (C=O) groups excluding carboxylic acids is 1. The molecule has 0 saturated carbocycles. The van der Waals surface area contributed by atoms with Crippen LogP contribution in [0.3, 0.4) is 0 Å². The van der Waals surface area contributed by atoms with Gasteiger partial charge < -0.3 is 9.42 Å². The number of benzene rings is 1. The number of nitrogens with zero attached hydrogens (tertiary/aromatic N) is 3. The Bertz CT molecular complexity index is 1150. The zero-order chi connectivity index (χ0) is 20.7. The van der Waals surface area contributed by atoms with Crippen LogP contribution in [0.5, 0.6) is 0 Å². The molecule has 0 radical (unpaired) electrons. The standard InChI is InChI=1S/C21H19F2N3O3/c1-12-7-9-26(17-11-14(22)5-6-15(17)23)21(28)19(12)20(27)25-8-3-4-16(25)18-10-13(2)24-29-18/h5-7,9-11,16H,3-4,8H2,1-2H3. The molecule has 6 nitrogen and oxygen atoms in total. The van der Waals surface area contributed by atoms with Crippen LogP contribution in [0.2, 0.25) is 0 Å². The molecule has 1 saturated heterocycles. The number of aromatic nitrogens is 2.